The number of nitrogens with one attached hydrogen (secondary N) is 1. The quantitative estimate of drug-likeness (QED) is 0.861. The van der Waals surface area contributed by atoms with Crippen molar-refractivity contribution in [2.24, 2.45) is 0 Å². The highest BCUT2D eigenvalue weighted by atomic mass is 16.4. The molecule has 0 bridgehead atoms. The van der Waals surface area contributed by atoms with Crippen LogP contribution in [-0.4, -0.2) is 11.0 Å². The van der Waals surface area contributed by atoms with Gasteiger partial charge >= 0.3 is 0 Å². The van der Waals surface area contributed by atoms with Crippen LogP contribution < -0.4 is 5.32 Å². The first kappa shape index (κ1) is 10.6. The van der Waals surface area contributed by atoms with E-state index in [1.54, 1.807) is 12.5 Å². The number of hydrogen-bond acceptors (Lipinski definition) is 4. The molecular weight excluding hydrogens is 216 g/mol. The monoisotopic (exact) mass is 232 g/mol. The van der Waals surface area contributed by atoms with Crippen LogP contribution in [-0.2, 0) is 13.0 Å². The van der Waals surface area contributed by atoms with Gasteiger partial charge in [0.2, 0.25) is 5.89 Å². The van der Waals surface area contributed by atoms with Crippen LogP contribution >= 0.6 is 0 Å². The molecule has 0 unspecified atom stereocenters. The summed E-state index contributed by atoms with van der Waals surface area (Å²) in [5.41, 5.74) is 1.92. The van der Waals surface area contributed by atoms with Crippen molar-refractivity contribution in [3.8, 4) is 11.5 Å². The molecule has 17 heavy (non-hydrogen) atoms. The second kappa shape index (κ2) is 4.37. The van der Waals surface area contributed by atoms with Gasteiger partial charge in [-0.1, -0.05) is 6.92 Å². The molecule has 2 heterocycles. The van der Waals surface area contributed by atoms with Gasteiger partial charge in [-0.15, -0.1) is 0 Å². The highest BCUT2D eigenvalue weighted by molar-refractivity contribution is 5.55. The molecular formula is C13H16N2O2. The Balaban J connectivity index is 1.74. The van der Waals surface area contributed by atoms with E-state index in [2.05, 4.69) is 17.2 Å². The summed E-state index contributed by atoms with van der Waals surface area (Å²) in [4.78, 5) is 4.47. The number of oxazole rings is 1. The minimum absolute atomic E-state index is 0.656. The number of furan rings is 1. The van der Waals surface area contributed by atoms with Crippen molar-refractivity contribution in [3.05, 3.63) is 30.0 Å². The fraction of sp³-hybridized carbons (Fsp3) is 0.462. The summed E-state index contributed by atoms with van der Waals surface area (Å²) in [6, 6.07) is 2.60. The van der Waals surface area contributed by atoms with Crippen LogP contribution in [0, 0.1) is 0 Å². The lowest BCUT2D eigenvalue weighted by molar-refractivity contribution is 0.512. The van der Waals surface area contributed by atoms with Crippen molar-refractivity contribution >= 4 is 0 Å². The lowest BCUT2D eigenvalue weighted by Gasteiger charge is -1.96. The second-order valence-corrected chi connectivity index (χ2v) is 4.41. The molecule has 0 spiro atoms. The Bertz CT molecular complexity index is 497. The fourth-order valence-corrected chi connectivity index (χ4v) is 1.85. The number of nitrogens with zero attached hydrogens (tertiary/aromatic N) is 1. The van der Waals surface area contributed by atoms with Crippen molar-refractivity contribution in [2.75, 3.05) is 0 Å². The minimum atomic E-state index is 0.656. The van der Waals surface area contributed by atoms with Gasteiger partial charge < -0.3 is 14.2 Å². The topological polar surface area (TPSA) is 51.2 Å². The first-order valence-electron chi connectivity index (χ1n) is 6.11. The van der Waals surface area contributed by atoms with Crippen LogP contribution in [0.25, 0.3) is 11.5 Å². The van der Waals surface area contributed by atoms with Crippen LogP contribution in [0.3, 0.4) is 0 Å². The molecule has 0 atom stereocenters. The molecule has 1 fully saturated rings. The molecule has 4 nitrogen and oxygen atoms in total. The third kappa shape index (κ3) is 2.26. The smallest absolute Gasteiger partial charge is 0.229 e. The maximum Gasteiger partial charge on any atom is 0.229 e. The molecule has 0 aliphatic heterocycles. The Morgan fingerprint density at radius 1 is 1.41 bits per heavy atom. The Kier molecular flexibility index (Phi) is 2.73. The van der Waals surface area contributed by atoms with E-state index in [4.69, 9.17) is 8.83 Å². The largest absolute Gasteiger partial charge is 0.469 e. The Labute approximate surface area is 100 Å². The minimum Gasteiger partial charge on any atom is -0.469 e. The molecule has 4 heteroatoms. The van der Waals surface area contributed by atoms with Crippen LogP contribution in [0.2, 0.25) is 0 Å². The van der Waals surface area contributed by atoms with E-state index in [0.29, 0.717) is 11.9 Å². The van der Waals surface area contributed by atoms with Crippen molar-refractivity contribution in [1.29, 1.82) is 0 Å². The first-order valence-corrected chi connectivity index (χ1v) is 6.11. The molecule has 1 saturated carbocycles. The molecule has 0 saturated heterocycles. The van der Waals surface area contributed by atoms with Gasteiger partial charge in [0.15, 0.2) is 0 Å². The summed E-state index contributed by atoms with van der Waals surface area (Å²) in [6.45, 7) is 2.84. The normalized spacial score (nSPS) is 15.4. The van der Waals surface area contributed by atoms with Gasteiger partial charge in [0.25, 0.3) is 0 Å². The van der Waals surface area contributed by atoms with Crippen molar-refractivity contribution in [1.82, 2.24) is 10.3 Å². The third-order valence-corrected chi connectivity index (χ3v) is 3.00. The average molecular weight is 232 g/mol. The van der Waals surface area contributed by atoms with Gasteiger partial charge in [0.1, 0.15) is 12.0 Å². The first-order chi connectivity index (χ1) is 8.36. The summed E-state index contributed by atoms with van der Waals surface area (Å²) in [7, 11) is 0. The summed E-state index contributed by atoms with van der Waals surface area (Å²) >= 11 is 0. The molecule has 1 aliphatic carbocycles. The van der Waals surface area contributed by atoms with E-state index in [0.717, 1.165) is 30.0 Å². The zero-order valence-electron chi connectivity index (χ0n) is 9.90. The molecule has 0 aromatic carbocycles. The maximum absolute atomic E-state index is 5.49. The van der Waals surface area contributed by atoms with Crippen molar-refractivity contribution < 1.29 is 8.83 Å². The van der Waals surface area contributed by atoms with Crippen LogP contribution in [0.1, 0.15) is 31.2 Å². The van der Waals surface area contributed by atoms with E-state index < -0.39 is 0 Å². The summed E-state index contributed by atoms with van der Waals surface area (Å²) in [5, 5.41) is 3.41. The molecule has 0 radical (unpaired) electrons. The van der Waals surface area contributed by atoms with Gasteiger partial charge in [-0.2, -0.15) is 0 Å². The Morgan fingerprint density at radius 2 is 2.29 bits per heavy atom. The molecule has 1 N–H and O–H groups in total. The molecule has 1 aliphatic rings. The van der Waals surface area contributed by atoms with E-state index >= 15 is 0 Å². The molecule has 90 valence electrons. The highest BCUT2D eigenvalue weighted by Crippen LogP contribution is 2.25. The van der Waals surface area contributed by atoms with Crippen LogP contribution in [0.5, 0.6) is 0 Å². The maximum atomic E-state index is 5.49. The lowest BCUT2D eigenvalue weighted by Crippen LogP contribution is -2.15. The number of rotatable bonds is 5. The zero-order valence-corrected chi connectivity index (χ0v) is 9.90. The van der Waals surface area contributed by atoms with Gasteiger partial charge in [0.05, 0.1) is 17.5 Å². The zero-order chi connectivity index (χ0) is 11.7. The second-order valence-electron chi connectivity index (χ2n) is 4.41. The van der Waals surface area contributed by atoms with E-state index in [1.165, 1.54) is 12.8 Å². The predicted molar refractivity (Wildman–Crippen MR) is 63.4 cm³/mol. The highest BCUT2D eigenvalue weighted by Gasteiger charge is 2.21. The number of aromatic nitrogens is 1. The van der Waals surface area contributed by atoms with Gasteiger partial charge in [0, 0.05) is 19.0 Å². The van der Waals surface area contributed by atoms with Gasteiger partial charge in [-0.25, -0.2) is 4.98 Å². The van der Waals surface area contributed by atoms with Crippen molar-refractivity contribution in [2.45, 2.75) is 38.8 Å². The van der Waals surface area contributed by atoms with Crippen LogP contribution in [0.15, 0.2) is 27.4 Å². The van der Waals surface area contributed by atoms with Gasteiger partial charge in [-0.05, 0) is 18.9 Å². The fourth-order valence-electron chi connectivity index (χ4n) is 1.85. The summed E-state index contributed by atoms with van der Waals surface area (Å²) in [6.07, 6.45) is 6.82. The van der Waals surface area contributed by atoms with E-state index in [1.807, 2.05) is 6.07 Å². The SMILES string of the molecule is CCc1occc1-c1nc(CNC2CC2)co1. The molecule has 2 aromatic heterocycles. The van der Waals surface area contributed by atoms with Gasteiger partial charge in [-0.3, -0.25) is 0 Å². The predicted octanol–water partition coefficient (Wildman–Crippen LogP) is 2.75. The third-order valence-electron chi connectivity index (χ3n) is 3.00. The average Bonchev–Trinajstić information content (AvgIpc) is 2.89. The Morgan fingerprint density at radius 3 is 3.06 bits per heavy atom. The number of hydrogen-bond donors (Lipinski definition) is 1. The Hall–Kier alpha value is -1.55. The molecule has 3 rings (SSSR count). The van der Waals surface area contributed by atoms with E-state index in [-0.39, 0.29) is 0 Å². The molecule has 2 aromatic rings. The van der Waals surface area contributed by atoms with Crippen LogP contribution in [0.4, 0.5) is 0 Å². The lowest BCUT2D eigenvalue weighted by atomic mass is 10.2. The summed E-state index contributed by atoms with van der Waals surface area (Å²) < 4.78 is 10.9. The number of aryl methyl sites for hydroxylation is 1. The molecule has 0 amide bonds. The van der Waals surface area contributed by atoms with E-state index in [9.17, 15) is 0 Å². The van der Waals surface area contributed by atoms with Crippen molar-refractivity contribution in [3.63, 3.8) is 0 Å². The standard InChI is InChI=1S/C13H16N2O2/c1-2-12-11(5-6-16-12)13-15-10(8-17-13)7-14-9-3-4-9/h5-6,8-9,14H,2-4,7H2,1H3. The summed E-state index contributed by atoms with van der Waals surface area (Å²) in [5.74, 6) is 1.58.